The molecule has 2 N–H and O–H groups in total. The Kier molecular flexibility index (Phi) is 4.54. The van der Waals surface area contributed by atoms with Gasteiger partial charge in [-0.1, -0.05) is 18.2 Å². The van der Waals surface area contributed by atoms with Gasteiger partial charge in [-0.25, -0.2) is 4.39 Å². The molecule has 1 aromatic rings. The minimum Gasteiger partial charge on any atom is -0.387 e. The Hall–Kier alpha value is -1.01. The van der Waals surface area contributed by atoms with Crippen molar-refractivity contribution in [3.63, 3.8) is 0 Å². The van der Waals surface area contributed by atoms with Gasteiger partial charge in [-0.05, 0) is 19.0 Å². The Morgan fingerprint density at radius 2 is 1.86 bits per heavy atom. The smallest absolute Gasteiger partial charge is 0.127 e. The summed E-state index contributed by atoms with van der Waals surface area (Å²) in [5.74, 6) is -0.119. The summed E-state index contributed by atoms with van der Waals surface area (Å²) in [6, 6.07) is 6.99. The molecule has 0 unspecified atom stereocenters. The predicted molar refractivity (Wildman–Crippen MR) is 80.6 cm³/mol. The number of aliphatic hydroxyl groups is 1. The number of rotatable bonds is 4. The molecule has 116 valence electrons. The molecule has 1 aromatic carbocycles. The van der Waals surface area contributed by atoms with Crippen molar-refractivity contribution in [3.05, 3.63) is 35.6 Å². The lowest BCUT2D eigenvalue weighted by molar-refractivity contribution is 0.00418. The molecule has 0 aromatic heterocycles. The quantitative estimate of drug-likeness (QED) is 0.856. The molecule has 0 spiro atoms. The number of halogens is 1. The predicted octanol–water partition coefficient (Wildman–Crippen LogP) is 0.668. The molecule has 2 aliphatic rings. The van der Waals surface area contributed by atoms with Crippen LogP contribution in [0.3, 0.4) is 0 Å². The van der Waals surface area contributed by atoms with Crippen molar-refractivity contribution in [1.82, 2.24) is 15.1 Å². The molecule has 21 heavy (non-hydrogen) atoms. The molecule has 2 saturated heterocycles. The maximum Gasteiger partial charge on any atom is 0.127 e. The molecule has 0 radical (unpaired) electrons. The second-order valence-electron chi connectivity index (χ2n) is 6.29. The summed E-state index contributed by atoms with van der Waals surface area (Å²) in [5.41, 5.74) is 0.206. The Bertz CT molecular complexity index is 468. The first-order valence-corrected chi connectivity index (χ1v) is 7.76. The van der Waals surface area contributed by atoms with Crippen LogP contribution in [0, 0.1) is 5.82 Å². The summed E-state index contributed by atoms with van der Waals surface area (Å²) >= 11 is 0. The van der Waals surface area contributed by atoms with Crippen LogP contribution < -0.4 is 5.32 Å². The van der Waals surface area contributed by atoms with Crippen molar-refractivity contribution >= 4 is 0 Å². The van der Waals surface area contributed by atoms with E-state index in [0.29, 0.717) is 13.1 Å². The lowest BCUT2D eigenvalue weighted by Gasteiger charge is -2.38. The van der Waals surface area contributed by atoms with E-state index in [1.165, 1.54) is 6.07 Å². The van der Waals surface area contributed by atoms with Gasteiger partial charge in [-0.15, -0.1) is 0 Å². The summed E-state index contributed by atoms with van der Waals surface area (Å²) in [7, 11) is 0. The van der Waals surface area contributed by atoms with Crippen molar-refractivity contribution in [2.75, 3.05) is 45.8 Å². The highest BCUT2D eigenvalue weighted by atomic mass is 19.1. The van der Waals surface area contributed by atoms with Crippen molar-refractivity contribution in [1.29, 1.82) is 0 Å². The number of nitrogens with one attached hydrogen (secondary N) is 1. The minimum atomic E-state index is -0.562. The van der Waals surface area contributed by atoms with Crippen LogP contribution in [0.25, 0.3) is 0 Å². The molecule has 2 aliphatic heterocycles. The van der Waals surface area contributed by atoms with Crippen LogP contribution in [0.4, 0.5) is 4.39 Å². The molecule has 2 heterocycles. The van der Waals surface area contributed by atoms with E-state index in [2.05, 4.69) is 15.1 Å². The Labute approximate surface area is 125 Å². The Morgan fingerprint density at radius 3 is 2.52 bits per heavy atom. The van der Waals surface area contributed by atoms with E-state index in [-0.39, 0.29) is 5.82 Å². The molecule has 4 nitrogen and oxygen atoms in total. The van der Waals surface area contributed by atoms with Crippen molar-refractivity contribution in [2.24, 2.45) is 0 Å². The van der Waals surface area contributed by atoms with Crippen LogP contribution in [-0.4, -0.2) is 66.3 Å². The number of hydrogen-bond donors (Lipinski definition) is 2. The second-order valence-corrected chi connectivity index (χ2v) is 6.29. The van der Waals surface area contributed by atoms with Crippen molar-refractivity contribution in [2.45, 2.75) is 18.6 Å². The van der Waals surface area contributed by atoms with Gasteiger partial charge in [-0.2, -0.15) is 0 Å². The van der Waals surface area contributed by atoms with E-state index in [0.717, 1.165) is 51.3 Å². The third-order valence-electron chi connectivity index (χ3n) is 4.56. The van der Waals surface area contributed by atoms with Crippen LogP contribution in [-0.2, 0) is 6.54 Å². The number of nitrogens with zero attached hydrogens (tertiary/aromatic N) is 2. The van der Waals surface area contributed by atoms with Gasteiger partial charge in [0.2, 0.25) is 0 Å². The summed E-state index contributed by atoms with van der Waals surface area (Å²) in [5, 5.41) is 13.6. The number of benzene rings is 1. The van der Waals surface area contributed by atoms with Gasteiger partial charge in [-0.3, -0.25) is 9.80 Å². The first-order valence-electron chi connectivity index (χ1n) is 7.76. The first-order chi connectivity index (χ1) is 10.1. The molecule has 0 saturated carbocycles. The highest BCUT2D eigenvalue weighted by Crippen LogP contribution is 2.18. The topological polar surface area (TPSA) is 38.7 Å². The van der Waals surface area contributed by atoms with Crippen LogP contribution in [0.15, 0.2) is 24.3 Å². The molecule has 0 bridgehead atoms. The average Bonchev–Trinajstić information content (AvgIpc) is 2.90. The fourth-order valence-corrected chi connectivity index (χ4v) is 3.25. The monoisotopic (exact) mass is 293 g/mol. The van der Waals surface area contributed by atoms with E-state index in [4.69, 9.17) is 0 Å². The maximum atomic E-state index is 13.7. The average molecular weight is 293 g/mol. The highest BCUT2D eigenvalue weighted by molar-refractivity contribution is 5.17. The standard InChI is InChI=1S/C16H24FN3O/c17-15-4-2-1-3-14(15)11-19-7-9-20(10-8-19)13-16(21)5-6-18-12-16/h1-4,18,21H,5-13H2/t16-/m0/s1. The molecule has 3 rings (SSSR count). The van der Waals surface area contributed by atoms with Gasteiger partial charge in [0.1, 0.15) is 5.82 Å². The lowest BCUT2D eigenvalue weighted by atomic mass is 10.0. The SMILES string of the molecule is O[C@@]1(CN2CCN(Cc3ccccc3F)CC2)CCNC1. The maximum absolute atomic E-state index is 13.7. The Balaban J connectivity index is 1.48. The summed E-state index contributed by atoms with van der Waals surface area (Å²) < 4.78 is 13.7. The molecular weight excluding hydrogens is 269 g/mol. The van der Waals surface area contributed by atoms with Gasteiger partial charge in [0.25, 0.3) is 0 Å². The van der Waals surface area contributed by atoms with Crippen LogP contribution in [0.1, 0.15) is 12.0 Å². The van der Waals surface area contributed by atoms with Crippen molar-refractivity contribution < 1.29 is 9.50 Å². The zero-order valence-corrected chi connectivity index (χ0v) is 12.4. The second kappa shape index (κ2) is 6.40. The van der Waals surface area contributed by atoms with Gasteiger partial charge < -0.3 is 10.4 Å². The number of β-amino-alcohol motifs (C(OH)–C–C–N with tert-alkyl or cyclic N) is 1. The molecule has 0 aliphatic carbocycles. The number of hydrogen-bond acceptors (Lipinski definition) is 4. The third-order valence-corrected chi connectivity index (χ3v) is 4.56. The largest absolute Gasteiger partial charge is 0.387 e. The van der Waals surface area contributed by atoms with Gasteiger partial charge >= 0.3 is 0 Å². The zero-order chi connectivity index (χ0) is 14.7. The fourth-order valence-electron chi connectivity index (χ4n) is 3.25. The molecule has 0 amide bonds. The minimum absolute atomic E-state index is 0.119. The van der Waals surface area contributed by atoms with Crippen LogP contribution in [0.2, 0.25) is 0 Å². The van der Waals surface area contributed by atoms with E-state index < -0.39 is 5.60 Å². The molecule has 1 atom stereocenters. The lowest BCUT2D eigenvalue weighted by Crippen LogP contribution is -2.52. The van der Waals surface area contributed by atoms with Gasteiger partial charge in [0.05, 0.1) is 5.60 Å². The molecular formula is C16H24FN3O. The van der Waals surface area contributed by atoms with E-state index in [1.54, 1.807) is 6.07 Å². The van der Waals surface area contributed by atoms with Crippen LogP contribution in [0.5, 0.6) is 0 Å². The summed E-state index contributed by atoms with van der Waals surface area (Å²) in [6.07, 6.45) is 0.836. The molecule has 5 heteroatoms. The van der Waals surface area contributed by atoms with E-state index >= 15 is 0 Å². The van der Waals surface area contributed by atoms with Crippen molar-refractivity contribution in [3.8, 4) is 0 Å². The zero-order valence-electron chi connectivity index (χ0n) is 12.4. The highest BCUT2D eigenvalue weighted by Gasteiger charge is 2.33. The van der Waals surface area contributed by atoms with E-state index in [9.17, 15) is 9.50 Å². The van der Waals surface area contributed by atoms with Crippen LogP contribution >= 0.6 is 0 Å². The summed E-state index contributed by atoms with van der Waals surface area (Å²) in [6.45, 7) is 6.76. The Morgan fingerprint density at radius 1 is 1.14 bits per heavy atom. The van der Waals surface area contributed by atoms with E-state index in [1.807, 2.05) is 12.1 Å². The third kappa shape index (κ3) is 3.80. The normalized spacial score (nSPS) is 28.1. The summed E-state index contributed by atoms with van der Waals surface area (Å²) in [4.78, 5) is 4.61. The van der Waals surface area contributed by atoms with Gasteiger partial charge in [0, 0.05) is 51.4 Å². The fraction of sp³-hybridized carbons (Fsp3) is 0.625. The first kappa shape index (κ1) is 14.9. The number of piperazine rings is 1. The van der Waals surface area contributed by atoms with Gasteiger partial charge in [0.15, 0.2) is 0 Å². The molecule has 2 fully saturated rings.